The topological polar surface area (TPSA) is 36.4 Å². The molecule has 0 aliphatic heterocycles. The predicted molar refractivity (Wildman–Crippen MR) is 94.5 cm³/mol. The molecule has 0 saturated heterocycles. The third-order valence-corrected chi connectivity index (χ3v) is 2.51. The average Bonchev–Trinajstić information content (AvgIpc) is 2.26. The molecule has 0 atom stereocenters. The van der Waals surface area contributed by atoms with Gasteiger partial charge in [-0.25, -0.2) is 0 Å². The summed E-state index contributed by atoms with van der Waals surface area (Å²) >= 11 is 0. The molecule has 0 aliphatic rings. The lowest BCUT2D eigenvalue weighted by Gasteiger charge is -2.23. The van der Waals surface area contributed by atoms with Crippen LogP contribution in [0, 0.1) is 6.92 Å². The molecule has 108 valence electrons. The predicted octanol–water partition coefficient (Wildman–Crippen LogP) is 3.12. The second kappa shape index (κ2) is 8.40. The molecule has 0 saturated carbocycles. The Bertz CT molecular complexity index is 408. The highest BCUT2D eigenvalue weighted by Crippen LogP contribution is 2.04. The van der Waals surface area contributed by atoms with Crippen LogP contribution in [0.5, 0.6) is 0 Å². The van der Waals surface area contributed by atoms with E-state index in [-0.39, 0.29) is 29.5 Å². The standard InChI is InChI=1S/C15H25N3.HI/c1-12-7-6-8-13(11-12)9-10-17-14(16-5)18-15(2,3)4;/h6-8,11H,9-10H2,1-5H3,(H2,16,17,18);1H. The lowest BCUT2D eigenvalue weighted by Crippen LogP contribution is -2.48. The van der Waals surface area contributed by atoms with Crippen LogP contribution in [0.1, 0.15) is 31.9 Å². The van der Waals surface area contributed by atoms with Crippen LogP contribution < -0.4 is 10.6 Å². The van der Waals surface area contributed by atoms with E-state index < -0.39 is 0 Å². The van der Waals surface area contributed by atoms with Crippen LogP contribution in [-0.2, 0) is 6.42 Å². The Labute approximate surface area is 134 Å². The van der Waals surface area contributed by atoms with E-state index in [1.54, 1.807) is 7.05 Å². The molecule has 0 bridgehead atoms. The van der Waals surface area contributed by atoms with Gasteiger partial charge < -0.3 is 10.6 Å². The molecule has 3 nitrogen and oxygen atoms in total. The Morgan fingerprint density at radius 1 is 1.26 bits per heavy atom. The SMILES string of the molecule is CN=C(NCCc1cccc(C)c1)NC(C)(C)C.I. The van der Waals surface area contributed by atoms with Crippen molar-refractivity contribution in [2.24, 2.45) is 4.99 Å². The van der Waals surface area contributed by atoms with E-state index in [9.17, 15) is 0 Å². The van der Waals surface area contributed by atoms with Gasteiger partial charge in [-0.2, -0.15) is 0 Å². The number of halogens is 1. The van der Waals surface area contributed by atoms with Crippen molar-refractivity contribution in [2.75, 3.05) is 13.6 Å². The molecule has 0 spiro atoms. The second-order valence-electron chi connectivity index (χ2n) is 5.61. The summed E-state index contributed by atoms with van der Waals surface area (Å²) in [6.07, 6.45) is 1.01. The quantitative estimate of drug-likeness (QED) is 0.484. The lowest BCUT2D eigenvalue weighted by atomic mass is 10.1. The molecule has 0 radical (unpaired) electrons. The maximum Gasteiger partial charge on any atom is 0.191 e. The highest BCUT2D eigenvalue weighted by Gasteiger charge is 2.11. The Morgan fingerprint density at radius 3 is 2.47 bits per heavy atom. The Morgan fingerprint density at radius 2 is 1.95 bits per heavy atom. The summed E-state index contributed by atoms with van der Waals surface area (Å²) in [5.74, 6) is 0.857. The van der Waals surface area contributed by atoms with E-state index in [2.05, 4.69) is 67.6 Å². The average molecular weight is 375 g/mol. The summed E-state index contributed by atoms with van der Waals surface area (Å²) in [5, 5.41) is 6.68. The third kappa shape index (κ3) is 8.08. The summed E-state index contributed by atoms with van der Waals surface area (Å²) in [6.45, 7) is 9.39. The van der Waals surface area contributed by atoms with Crippen molar-refractivity contribution in [3.63, 3.8) is 0 Å². The number of hydrogen-bond acceptors (Lipinski definition) is 1. The first kappa shape index (κ1) is 18.2. The number of aryl methyl sites for hydroxylation is 1. The number of benzene rings is 1. The Kier molecular flexibility index (Phi) is 8.06. The minimum absolute atomic E-state index is 0. The number of hydrogen-bond donors (Lipinski definition) is 2. The van der Waals surface area contributed by atoms with Gasteiger partial charge >= 0.3 is 0 Å². The van der Waals surface area contributed by atoms with Gasteiger partial charge in [-0.3, -0.25) is 4.99 Å². The Hall–Kier alpha value is -0.780. The summed E-state index contributed by atoms with van der Waals surface area (Å²) < 4.78 is 0. The van der Waals surface area contributed by atoms with Crippen molar-refractivity contribution < 1.29 is 0 Å². The normalized spacial score (nSPS) is 11.7. The lowest BCUT2D eigenvalue weighted by molar-refractivity contribution is 0.501. The third-order valence-electron chi connectivity index (χ3n) is 2.51. The number of aliphatic imine (C=N–C) groups is 1. The zero-order valence-electron chi connectivity index (χ0n) is 12.6. The van der Waals surface area contributed by atoms with Crippen molar-refractivity contribution >= 4 is 29.9 Å². The fourth-order valence-corrected chi connectivity index (χ4v) is 1.73. The molecule has 1 rings (SSSR count). The minimum Gasteiger partial charge on any atom is -0.356 e. The van der Waals surface area contributed by atoms with Crippen LogP contribution in [0.4, 0.5) is 0 Å². The second-order valence-corrected chi connectivity index (χ2v) is 5.61. The summed E-state index contributed by atoms with van der Waals surface area (Å²) in [7, 11) is 1.80. The van der Waals surface area contributed by atoms with Crippen molar-refractivity contribution in [1.29, 1.82) is 0 Å². The van der Waals surface area contributed by atoms with Crippen molar-refractivity contribution in [1.82, 2.24) is 10.6 Å². The maximum atomic E-state index is 4.22. The molecule has 2 N–H and O–H groups in total. The van der Waals surface area contributed by atoms with E-state index in [0.717, 1.165) is 18.9 Å². The first-order valence-corrected chi connectivity index (χ1v) is 6.45. The summed E-state index contributed by atoms with van der Waals surface area (Å²) in [5.41, 5.74) is 2.70. The van der Waals surface area contributed by atoms with Crippen molar-refractivity contribution in [3.05, 3.63) is 35.4 Å². The van der Waals surface area contributed by atoms with Crippen LogP contribution in [0.3, 0.4) is 0 Å². The monoisotopic (exact) mass is 375 g/mol. The van der Waals surface area contributed by atoms with Crippen molar-refractivity contribution in [2.45, 2.75) is 39.7 Å². The van der Waals surface area contributed by atoms with E-state index in [0.29, 0.717) is 0 Å². The van der Waals surface area contributed by atoms with Crippen LogP contribution >= 0.6 is 24.0 Å². The van der Waals surface area contributed by atoms with Gasteiger partial charge in [0.25, 0.3) is 0 Å². The fourth-order valence-electron chi connectivity index (χ4n) is 1.73. The van der Waals surface area contributed by atoms with Gasteiger partial charge in [-0.1, -0.05) is 29.8 Å². The number of nitrogens with one attached hydrogen (secondary N) is 2. The van der Waals surface area contributed by atoms with Gasteiger partial charge in [0.05, 0.1) is 0 Å². The van der Waals surface area contributed by atoms with Gasteiger partial charge in [0.1, 0.15) is 0 Å². The molecule has 0 heterocycles. The van der Waals surface area contributed by atoms with Gasteiger partial charge in [-0.05, 0) is 39.7 Å². The summed E-state index contributed by atoms with van der Waals surface area (Å²) in [6, 6.07) is 8.61. The molecule has 19 heavy (non-hydrogen) atoms. The zero-order chi connectivity index (χ0) is 13.6. The van der Waals surface area contributed by atoms with Crippen LogP contribution in [0.25, 0.3) is 0 Å². The van der Waals surface area contributed by atoms with E-state index >= 15 is 0 Å². The molecular formula is C15H26IN3. The van der Waals surface area contributed by atoms with Crippen LogP contribution in [-0.4, -0.2) is 25.1 Å². The number of guanidine groups is 1. The number of nitrogens with zero attached hydrogens (tertiary/aromatic N) is 1. The zero-order valence-corrected chi connectivity index (χ0v) is 14.9. The van der Waals surface area contributed by atoms with Crippen LogP contribution in [0.2, 0.25) is 0 Å². The number of rotatable bonds is 3. The molecule has 0 fully saturated rings. The largest absolute Gasteiger partial charge is 0.356 e. The van der Waals surface area contributed by atoms with Gasteiger partial charge in [0.2, 0.25) is 0 Å². The van der Waals surface area contributed by atoms with Gasteiger partial charge in [-0.15, -0.1) is 24.0 Å². The minimum atomic E-state index is 0. The molecule has 0 aliphatic carbocycles. The summed E-state index contributed by atoms with van der Waals surface area (Å²) in [4.78, 5) is 4.22. The maximum absolute atomic E-state index is 4.22. The van der Waals surface area contributed by atoms with E-state index in [1.807, 2.05) is 0 Å². The highest BCUT2D eigenvalue weighted by atomic mass is 127. The first-order chi connectivity index (χ1) is 8.40. The first-order valence-electron chi connectivity index (χ1n) is 6.45. The van der Waals surface area contributed by atoms with Crippen molar-refractivity contribution in [3.8, 4) is 0 Å². The van der Waals surface area contributed by atoms with E-state index in [4.69, 9.17) is 0 Å². The molecule has 1 aromatic rings. The molecule has 0 aromatic heterocycles. The van der Waals surface area contributed by atoms with E-state index in [1.165, 1.54) is 11.1 Å². The molecule has 4 heteroatoms. The molecule has 1 aromatic carbocycles. The Balaban J connectivity index is 0.00000324. The smallest absolute Gasteiger partial charge is 0.191 e. The van der Waals surface area contributed by atoms with Gasteiger partial charge in [0, 0.05) is 19.1 Å². The molecular weight excluding hydrogens is 349 g/mol. The van der Waals surface area contributed by atoms with Crippen LogP contribution in [0.15, 0.2) is 29.3 Å². The molecule has 0 unspecified atom stereocenters. The fraction of sp³-hybridized carbons (Fsp3) is 0.533. The van der Waals surface area contributed by atoms with Gasteiger partial charge in [0.15, 0.2) is 5.96 Å². The highest BCUT2D eigenvalue weighted by molar-refractivity contribution is 14.0. The molecule has 0 amide bonds.